The SMILES string of the molecule is Sc1cnc2ncc(S)cc2c1. The van der Waals surface area contributed by atoms with Crippen LogP contribution < -0.4 is 0 Å². The molecule has 0 amide bonds. The zero-order chi connectivity index (χ0) is 8.55. The summed E-state index contributed by atoms with van der Waals surface area (Å²) >= 11 is 8.36. The van der Waals surface area contributed by atoms with Crippen LogP contribution in [0.15, 0.2) is 34.3 Å². The van der Waals surface area contributed by atoms with Gasteiger partial charge in [0.25, 0.3) is 0 Å². The summed E-state index contributed by atoms with van der Waals surface area (Å²) in [5.74, 6) is 0. The Hall–Kier alpha value is -0.740. The predicted octanol–water partition coefficient (Wildman–Crippen LogP) is 2.21. The van der Waals surface area contributed by atoms with Gasteiger partial charge in [-0.05, 0) is 12.1 Å². The minimum atomic E-state index is 0.727. The lowest BCUT2D eigenvalue weighted by Crippen LogP contribution is -1.83. The van der Waals surface area contributed by atoms with Crippen molar-refractivity contribution >= 4 is 36.3 Å². The van der Waals surface area contributed by atoms with E-state index in [1.807, 2.05) is 12.1 Å². The zero-order valence-corrected chi connectivity index (χ0v) is 7.89. The first-order valence-corrected chi connectivity index (χ1v) is 4.29. The Bertz CT molecular complexity index is 392. The van der Waals surface area contributed by atoms with E-state index >= 15 is 0 Å². The van der Waals surface area contributed by atoms with Crippen molar-refractivity contribution in [3.63, 3.8) is 0 Å². The first kappa shape index (κ1) is 7.89. The van der Waals surface area contributed by atoms with Gasteiger partial charge in [0.15, 0.2) is 5.65 Å². The average Bonchev–Trinajstić information content (AvgIpc) is 2.03. The van der Waals surface area contributed by atoms with E-state index in [-0.39, 0.29) is 0 Å². The number of aromatic nitrogens is 2. The predicted molar refractivity (Wildman–Crippen MR) is 54.0 cm³/mol. The molecule has 0 spiro atoms. The average molecular weight is 194 g/mol. The van der Waals surface area contributed by atoms with Crippen LogP contribution in [0.1, 0.15) is 0 Å². The lowest BCUT2D eigenvalue weighted by atomic mass is 10.3. The second kappa shape index (κ2) is 2.95. The first-order chi connectivity index (χ1) is 5.75. The minimum Gasteiger partial charge on any atom is -0.235 e. The van der Waals surface area contributed by atoms with Crippen molar-refractivity contribution in [2.45, 2.75) is 9.79 Å². The van der Waals surface area contributed by atoms with Crippen LogP contribution in [-0.2, 0) is 0 Å². The number of thiol groups is 2. The van der Waals surface area contributed by atoms with Crippen LogP contribution in [0.2, 0.25) is 0 Å². The molecule has 12 heavy (non-hydrogen) atoms. The Labute approximate surface area is 80.9 Å². The summed E-state index contributed by atoms with van der Waals surface area (Å²) in [7, 11) is 0. The molecule has 2 aromatic rings. The number of hydrogen-bond donors (Lipinski definition) is 2. The second-order valence-corrected chi connectivity index (χ2v) is 3.47. The van der Waals surface area contributed by atoms with Gasteiger partial charge in [-0.2, -0.15) is 0 Å². The van der Waals surface area contributed by atoms with E-state index in [0.29, 0.717) is 0 Å². The standard InChI is InChI=1S/C8H6N2S2/c11-6-1-5-2-7(12)4-10-8(5)9-3-6/h1-4,11-12H. The highest BCUT2D eigenvalue weighted by Crippen LogP contribution is 2.16. The van der Waals surface area contributed by atoms with Gasteiger partial charge in [0.05, 0.1) is 0 Å². The molecule has 2 heterocycles. The van der Waals surface area contributed by atoms with Gasteiger partial charge in [0.2, 0.25) is 0 Å². The summed E-state index contributed by atoms with van der Waals surface area (Å²) in [5, 5.41) is 0.968. The molecular formula is C8H6N2S2. The molecule has 0 saturated heterocycles. The lowest BCUT2D eigenvalue weighted by Gasteiger charge is -1.97. The minimum absolute atomic E-state index is 0.727. The molecule has 0 fully saturated rings. The molecule has 0 unspecified atom stereocenters. The lowest BCUT2D eigenvalue weighted by molar-refractivity contribution is 1.21. The molecule has 0 bridgehead atoms. The van der Waals surface area contributed by atoms with Crippen LogP contribution in [0.5, 0.6) is 0 Å². The summed E-state index contributed by atoms with van der Waals surface area (Å²) in [6, 6.07) is 3.83. The van der Waals surface area contributed by atoms with E-state index < -0.39 is 0 Å². The number of nitrogens with zero attached hydrogens (tertiary/aromatic N) is 2. The fraction of sp³-hybridized carbons (Fsp3) is 0. The van der Waals surface area contributed by atoms with Crippen molar-refractivity contribution in [1.82, 2.24) is 9.97 Å². The zero-order valence-electron chi connectivity index (χ0n) is 6.10. The summed E-state index contributed by atoms with van der Waals surface area (Å²) in [5.41, 5.74) is 0.727. The summed E-state index contributed by atoms with van der Waals surface area (Å²) in [4.78, 5) is 9.87. The molecule has 0 aliphatic carbocycles. The third kappa shape index (κ3) is 1.40. The van der Waals surface area contributed by atoms with Gasteiger partial charge < -0.3 is 0 Å². The molecule has 60 valence electrons. The Morgan fingerprint density at radius 1 is 0.917 bits per heavy atom. The van der Waals surface area contributed by atoms with E-state index in [4.69, 9.17) is 0 Å². The molecule has 2 nitrogen and oxygen atoms in total. The topological polar surface area (TPSA) is 25.8 Å². The molecule has 0 atom stereocenters. The van der Waals surface area contributed by atoms with Crippen molar-refractivity contribution in [2.75, 3.05) is 0 Å². The largest absolute Gasteiger partial charge is 0.235 e. The highest BCUT2D eigenvalue weighted by molar-refractivity contribution is 7.80. The van der Waals surface area contributed by atoms with Crippen LogP contribution in [0.25, 0.3) is 11.0 Å². The van der Waals surface area contributed by atoms with Crippen molar-refractivity contribution in [3.8, 4) is 0 Å². The summed E-state index contributed by atoms with van der Waals surface area (Å²) < 4.78 is 0. The smallest absolute Gasteiger partial charge is 0.159 e. The molecule has 0 aliphatic rings. The maximum absolute atomic E-state index is 4.18. The summed E-state index contributed by atoms with van der Waals surface area (Å²) in [6.45, 7) is 0. The number of pyridine rings is 2. The van der Waals surface area contributed by atoms with Gasteiger partial charge in [0, 0.05) is 27.6 Å². The molecule has 0 saturated carbocycles. The van der Waals surface area contributed by atoms with Crippen molar-refractivity contribution < 1.29 is 0 Å². The van der Waals surface area contributed by atoms with Crippen LogP contribution in [-0.4, -0.2) is 9.97 Å². The molecule has 0 aliphatic heterocycles. The van der Waals surface area contributed by atoms with Crippen molar-refractivity contribution in [2.24, 2.45) is 0 Å². The highest BCUT2D eigenvalue weighted by atomic mass is 32.1. The van der Waals surface area contributed by atoms with Crippen LogP contribution in [0.4, 0.5) is 0 Å². The Morgan fingerprint density at radius 2 is 1.42 bits per heavy atom. The fourth-order valence-electron chi connectivity index (χ4n) is 1.00. The molecule has 2 aromatic heterocycles. The van der Waals surface area contributed by atoms with Gasteiger partial charge in [-0.15, -0.1) is 25.3 Å². The van der Waals surface area contributed by atoms with Crippen LogP contribution in [0.3, 0.4) is 0 Å². The van der Waals surface area contributed by atoms with Crippen LogP contribution >= 0.6 is 25.3 Å². The van der Waals surface area contributed by atoms with Gasteiger partial charge in [0.1, 0.15) is 0 Å². The molecule has 0 radical (unpaired) electrons. The van der Waals surface area contributed by atoms with E-state index in [1.54, 1.807) is 12.4 Å². The fourth-order valence-corrected chi connectivity index (χ4v) is 1.39. The number of hydrogen-bond acceptors (Lipinski definition) is 4. The van der Waals surface area contributed by atoms with Crippen LogP contribution in [0, 0.1) is 0 Å². The maximum Gasteiger partial charge on any atom is 0.159 e. The van der Waals surface area contributed by atoms with Gasteiger partial charge in [-0.25, -0.2) is 9.97 Å². The second-order valence-electron chi connectivity index (χ2n) is 2.43. The Kier molecular flexibility index (Phi) is 1.94. The monoisotopic (exact) mass is 194 g/mol. The van der Waals surface area contributed by atoms with Gasteiger partial charge in [-0.1, -0.05) is 0 Å². The highest BCUT2D eigenvalue weighted by Gasteiger charge is 1.96. The quantitative estimate of drug-likeness (QED) is 0.629. The maximum atomic E-state index is 4.18. The normalized spacial score (nSPS) is 10.5. The molecule has 2 rings (SSSR count). The molecule has 4 heteroatoms. The van der Waals surface area contributed by atoms with Gasteiger partial charge in [-0.3, -0.25) is 0 Å². The first-order valence-electron chi connectivity index (χ1n) is 3.39. The molecular weight excluding hydrogens is 188 g/mol. The van der Waals surface area contributed by atoms with E-state index in [2.05, 4.69) is 35.2 Å². The third-order valence-electron chi connectivity index (χ3n) is 1.50. The van der Waals surface area contributed by atoms with E-state index in [0.717, 1.165) is 20.8 Å². The third-order valence-corrected chi connectivity index (χ3v) is 1.99. The van der Waals surface area contributed by atoms with E-state index in [9.17, 15) is 0 Å². The van der Waals surface area contributed by atoms with E-state index in [1.165, 1.54) is 0 Å². The van der Waals surface area contributed by atoms with Crippen molar-refractivity contribution in [1.29, 1.82) is 0 Å². The van der Waals surface area contributed by atoms with Crippen molar-refractivity contribution in [3.05, 3.63) is 24.5 Å². The molecule has 0 N–H and O–H groups in total. The van der Waals surface area contributed by atoms with Gasteiger partial charge >= 0.3 is 0 Å². The number of fused-ring (bicyclic) bond motifs is 1. The molecule has 0 aromatic carbocycles. The summed E-state index contributed by atoms with van der Waals surface area (Å²) in [6.07, 6.45) is 3.35. The number of rotatable bonds is 0. The Morgan fingerprint density at radius 3 is 1.92 bits per heavy atom. The Balaban J connectivity index is 2.80.